The summed E-state index contributed by atoms with van der Waals surface area (Å²) in [4.78, 5) is 8.85. The monoisotopic (exact) mass is 443 g/mol. The van der Waals surface area contributed by atoms with E-state index in [1.807, 2.05) is 0 Å². The summed E-state index contributed by atoms with van der Waals surface area (Å²) in [5, 5.41) is 6.23. The Kier molecular flexibility index (Phi) is 8.59. The number of hydrogen-bond acceptors (Lipinski definition) is 4. The SMILES string of the molecule is CN=C(NCc1ccc(OC(C)(C)C)cc1C(F)(F)F)NCC(C)N1CCN(C)CC1. The van der Waals surface area contributed by atoms with Crippen molar-refractivity contribution in [2.75, 3.05) is 46.8 Å². The van der Waals surface area contributed by atoms with E-state index >= 15 is 0 Å². The molecule has 31 heavy (non-hydrogen) atoms. The maximum absolute atomic E-state index is 13.6. The molecular formula is C22H36F3N5O. The van der Waals surface area contributed by atoms with Crippen molar-refractivity contribution in [2.45, 2.75) is 52.1 Å². The molecule has 0 radical (unpaired) electrons. The van der Waals surface area contributed by atoms with Gasteiger partial charge in [-0.25, -0.2) is 0 Å². The lowest BCUT2D eigenvalue weighted by molar-refractivity contribution is -0.138. The van der Waals surface area contributed by atoms with Crippen molar-refractivity contribution in [3.63, 3.8) is 0 Å². The molecule has 1 atom stereocenters. The summed E-state index contributed by atoms with van der Waals surface area (Å²) in [6.45, 7) is 12.3. The van der Waals surface area contributed by atoms with E-state index < -0.39 is 17.3 Å². The number of nitrogens with zero attached hydrogens (tertiary/aromatic N) is 3. The van der Waals surface area contributed by atoms with Crippen LogP contribution in [0.1, 0.15) is 38.8 Å². The van der Waals surface area contributed by atoms with Gasteiger partial charge in [-0.1, -0.05) is 6.07 Å². The smallest absolute Gasteiger partial charge is 0.416 e. The average molecular weight is 444 g/mol. The number of hydrogen-bond donors (Lipinski definition) is 2. The second-order valence-electron chi connectivity index (χ2n) is 9.03. The summed E-state index contributed by atoms with van der Waals surface area (Å²) in [6.07, 6.45) is -4.47. The Hall–Kier alpha value is -2.00. The first kappa shape index (κ1) is 25.3. The maximum Gasteiger partial charge on any atom is 0.416 e. The van der Waals surface area contributed by atoms with Crippen LogP contribution >= 0.6 is 0 Å². The average Bonchev–Trinajstić information content (AvgIpc) is 2.67. The minimum Gasteiger partial charge on any atom is -0.488 e. The molecule has 1 aromatic carbocycles. The van der Waals surface area contributed by atoms with Crippen molar-refractivity contribution in [2.24, 2.45) is 4.99 Å². The van der Waals surface area contributed by atoms with Crippen LogP contribution in [-0.4, -0.2) is 74.2 Å². The van der Waals surface area contributed by atoms with Gasteiger partial charge in [0.1, 0.15) is 11.4 Å². The van der Waals surface area contributed by atoms with E-state index in [0.717, 1.165) is 32.2 Å². The molecule has 1 fully saturated rings. The number of piperazine rings is 1. The zero-order chi connectivity index (χ0) is 23.2. The van der Waals surface area contributed by atoms with Gasteiger partial charge in [-0.15, -0.1) is 0 Å². The van der Waals surface area contributed by atoms with Gasteiger partial charge in [0.15, 0.2) is 5.96 Å². The molecule has 6 nitrogen and oxygen atoms in total. The fraction of sp³-hybridized carbons (Fsp3) is 0.682. The van der Waals surface area contributed by atoms with E-state index in [4.69, 9.17) is 4.74 Å². The topological polar surface area (TPSA) is 52.1 Å². The Labute approximate surface area is 183 Å². The van der Waals surface area contributed by atoms with Gasteiger partial charge in [-0.2, -0.15) is 13.2 Å². The normalized spacial score (nSPS) is 18.0. The van der Waals surface area contributed by atoms with Gasteiger partial charge in [-0.05, 0) is 52.4 Å². The van der Waals surface area contributed by atoms with Crippen molar-refractivity contribution < 1.29 is 17.9 Å². The van der Waals surface area contributed by atoms with Gasteiger partial charge in [0.2, 0.25) is 0 Å². The predicted octanol–water partition coefficient (Wildman–Crippen LogP) is 3.18. The fourth-order valence-corrected chi connectivity index (χ4v) is 3.43. The molecule has 1 saturated heterocycles. The van der Waals surface area contributed by atoms with Crippen molar-refractivity contribution in [3.8, 4) is 5.75 Å². The molecular weight excluding hydrogens is 407 g/mol. The molecule has 9 heteroatoms. The van der Waals surface area contributed by atoms with E-state index in [1.165, 1.54) is 6.07 Å². The fourth-order valence-electron chi connectivity index (χ4n) is 3.43. The highest BCUT2D eigenvalue weighted by Crippen LogP contribution is 2.35. The molecule has 1 heterocycles. The zero-order valence-corrected chi connectivity index (χ0v) is 19.4. The van der Waals surface area contributed by atoms with Gasteiger partial charge < -0.3 is 20.3 Å². The molecule has 1 unspecified atom stereocenters. The number of guanidine groups is 1. The number of ether oxygens (including phenoxy) is 1. The second-order valence-corrected chi connectivity index (χ2v) is 9.03. The molecule has 176 valence electrons. The van der Waals surface area contributed by atoms with Gasteiger partial charge in [0.25, 0.3) is 0 Å². The minimum atomic E-state index is -4.47. The Bertz CT molecular complexity index is 738. The second kappa shape index (κ2) is 10.5. The van der Waals surface area contributed by atoms with Gasteiger partial charge in [0.05, 0.1) is 5.56 Å². The maximum atomic E-state index is 13.6. The molecule has 0 aromatic heterocycles. The molecule has 0 aliphatic carbocycles. The van der Waals surface area contributed by atoms with Crippen LogP contribution in [0.15, 0.2) is 23.2 Å². The Morgan fingerprint density at radius 1 is 1.13 bits per heavy atom. The highest BCUT2D eigenvalue weighted by Gasteiger charge is 2.34. The molecule has 0 saturated carbocycles. The van der Waals surface area contributed by atoms with E-state index in [1.54, 1.807) is 33.9 Å². The quantitative estimate of drug-likeness (QED) is 0.523. The van der Waals surface area contributed by atoms with Crippen LogP contribution < -0.4 is 15.4 Å². The minimum absolute atomic E-state index is 0.00715. The first-order chi connectivity index (χ1) is 14.4. The summed E-state index contributed by atoms with van der Waals surface area (Å²) in [5.41, 5.74) is -1.14. The van der Waals surface area contributed by atoms with Crippen LogP contribution in [0.3, 0.4) is 0 Å². The van der Waals surface area contributed by atoms with Crippen molar-refractivity contribution in [3.05, 3.63) is 29.3 Å². The number of likely N-dealkylation sites (N-methyl/N-ethyl adjacent to an activating group) is 1. The third-order valence-electron chi connectivity index (χ3n) is 5.21. The summed E-state index contributed by atoms with van der Waals surface area (Å²) >= 11 is 0. The highest BCUT2D eigenvalue weighted by molar-refractivity contribution is 5.79. The van der Waals surface area contributed by atoms with E-state index in [0.29, 0.717) is 18.5 Å². The molecule has 0 bridgehead atoms. The molecule has 1 aromatic rings. The van der Waals surface area contributed by atoms with Crippen LogP contribution in [0.25, 0.3) is 0 Å². The molecule has 1 aliphatic heterocycles. The third kappa shape index (κ3) is 8.22. The Morgan fingerprint density at radius 3 is 2.32 bits per heavy atom. The standard InChI is InChI=1S/C22H36F3N5O/c1-16(30-11-9-29(6)10-12-30)14-27-20(26-5)28-15-17-7-8-18(31-21(2,3)4)13-19(17)22(23,24)25/h7-8,13,16H,9-12,14-15H2,1-6H3,(H2,26,27,28). The predicted molar refractivity (Wildman–Crippen MR) is 119 cm³/mol. The van der Waals surface area contributed by atoms with Crippen LogP contribution in [0.5, 0.6) is 5.75 Å². The van der Waals surface area contributed by atoms with Crippen LogP contribution in [0, 0.1) is 0 Å². The van der Waals surface area contributed by atoms with E-state index in [9.17, 15) is 13.2 Å². The molecule has 1 aliphatic rings. The molecule has 2 N–H and O–H groups in total. The van der Waals surface area contributed by atoms with Crippen LogP contribution in [-0.2, 0) is 12.7 Å². The van der Waals surface area contributed by atoms with Crippen molar-refractivity contribution in [1.82, 2.24) is 20.4 Å². The van der Waals surface area contributed by atoms with Crippen LogP contribution in [0.2, 0.25) is 0 Å². The molecule has 2 rings (SSSR count). The summed E-state index contributed by atoms with van der Waals surface area (Å²) in [6, 6.07) is 4.39. The van der Waals surface area contributed by atoms with Crippen molar-refractivity contribution in [1.29, 1.82) is 0 Å². The number of aliphatic imine (C=N–C) groups is 1. The third-order valence-corrected chi connectivity index (χ3v) is 5.21. The number of halogens is 3. The van der Waals surface area contributed by atoms with Crippen LogP contribution in [0.4, 0.5) is 13.2 Å². The summed E-state index contributed by atoms with van der Waals surface area (Å²) in [5.74, 6) is 0.677. The van der Waals surface area contributed by atoms with Crippen molar-refractivity contribution >= 4 is 5.96 Å². The van der Waals surface area contributed by atoms with Gasteiger partial charge >= 0.3 is 6.18 Å². The van der Waals surface area contributed by atoms with E-state index in [2.05, 4.69) is 39.4 Å². The Morgan fingerprint density at radius 2 is 1.77 bits per heavy atom. The lowest BCUT2D eigenvalue weighted by Crippen LogP contribution is -2.52. The largest absolute Gasteiger partial charge is 0.488 e. The van der Waals surface area contributed by atoms with Gasteiger partial charge in [-0.3, -0.25) is 9.89 Å². The lowest BCUT2D eigenvalue weighted by atomic mass is 10.1. The summed E-state index contributed by atoms with van der Waals surface area (Å²) < 4.78 is 46.5. The van der Waals surface area contributed by atoms with E-state index in [-0.39, 0.29) is 17.9 Å². The molecule has 0 amide bonds. The number of benzene rings is 1. The highest BCUT2D eigenvalue weighted by atomic mass is 19.4. The Balaban J connectivity index is 1.98. The first-order valence-corrected chi connectivity index (χ1v) is 10.7. The zero-order valence-electron chi connectivity index (χ0n) is 19.4. The number of alkyl halides is 3. The molecule has 0 spiro atoms. The lowest BCUT2D eigenvalue weighted by Gasteiger charge is -2.36. The first-order valence-electron chi connectivity index (χ1n) is 10.7. The summed E-state index contributed by atoms with van der Waals surface area (Å²) in [7, 11) is 3.73. The number of nitrogens with one attached hydrogen (secondary N) is 2. The number of rotatable bonds is 6. The van der Waals surface area contributed by atoms with Gasteiger partial charge in [0, 0.05) is 52.4 Å².